The smallest absolute Gasteiger partial charge is 0.341 e. The van der Waals surface area contributed by atoms with Crippen LogP contribution < -0.4 is 10.1 Å². The van der Waals surface area contributed by atoms with Crippen molar-refractivity contribution in [3.05, 3.63) is 41.9 Å². The number of carbonyl (C=O) groups is 1. The van der Waals surface area contributed by atoms with E-state index in [2.05, 4.69) is 15.4 Å². The highest BCUT2D eigenvalue weighted by atomic mass is 16.5. The van der Waals surface area contributed by atoms with Gasteiger partial charge >= 0.3 is 5.97 Å². The lowest BCUT2D eigenvalue weighted by atomic mass is 10.2. The van der Waals surface area contributed by atoms with Crippen molar-refractivity contribution in [3.63, 3.8) is 0 Å². The maximum Gasteiger partial charge on any atom is 0.341 e. The van der Waals surface area contributed by atoms with Crippen LogP contribution in [0.1, 0.15) is 15.9 Å². The van der Waals surface area contributed by atoms with Crippen LogP contribution in [0, 0.1) is 6.92 Å². The number of phenols is 1. The van der Waals surface area contributed by atoms with Gasteiger partial charge in [0.2, 0.25) is 0 Å². The van der Waals surface area contributed by atoms with Gasteiger partial charge < -0.3 is 20.3 Å². The Labute approximate surface area is 131 Å². The zero-order valence-corrected chi connectivity index (χ0v) is 12.4. The predicted molar refractivity (Wildman–Crippen MR) is 82.6 cm³/mol. The fourth-order valence-corrected chi connectivity index (χ4v) is 2.26. The molecular formula is C15H14N4O4. The molecule has 8 nitrogen and oxygen atoms in total. The van der Waals surface area contributed by atoms with Gasteiger partial charge in [0.15, 0.2) is 17.1 Å². The normalized spacial score (nSPS) is 10.7. The van der Waals surface area contributed by atoms with Gasteiger partial charge in [-0.1, -0.05) is 6.07 Å². The van der Waals surface area contributed by atoms with Crippen molar-refractivity contribution in [1.29, 1.82) is 0 Å². The van der Waals surface area contributed by atoms with Gasteiger partial charge in [-0.2, -0.15) is 5.10 Å². The average Bonchev–Trinajstić information content (AvgIpc) is 2.91. The highest BCUT2D eigenvalue weighted by molar-refractivity contribution is 5.97. The number of phenolic OH excluding ortho intramolecular Hbond substituents is 1. The standard InChI is InChI=1S/C15H14N4O4/c1-8-3-4-9(5-11(8)20)18-14-12-13(23-2)10(15(21)22)6-19(12)17-7-16-14/h3-7,20H,1-2H3,(H,21,22)(H,16,17,18). The van der Waals surface area contributed by atoms with Gasteiger partial charge in [-0.25, -0.2) is 14.3 Å². The molecular weight excluding hydrogens is 300 g/mol. The second-order valence-electron chi connectivity index (χ2n) is 4.91. The summed E-state index contributed by atoms with van der Waals surface area (Å²) in [5.41, 5.74) is 1.74. The molecule has 8 heteroatoms. The molecule has 3 N–H and O–H groups in total. The first kappa shape index (κ1) is 14.6. The van der Waals surface area contributed by atoms with E-state index >= 15 is 0 Å². The van der Waals surface area contributed by atoms with Crippen LogP contribution in [-0.2, 0) is 0 Å². The van der Waals surface area contributed by atoms with Crippen molar-refractivity contribution in [2.45, 2.75) is 6.92 Å². The lowest BCUT2D eigenvalue weighted by Crippen LogP contribution is -2.00. The molecule has 0 unspecified atom stereocenters. The summed E-state index contributed by atoms with van der Waals surface area (Å²) >= 11 is 0. The molecule has 0 bridgehead atoms. The number of aromatic hydroxyl groups is 1. The van der Waals surface area contributed by atoms with Gasteiger partial charge in [0, 0.05) is 18.0 Å². The molecule has 0 amide bonds. The fraction of sp³-hybridized carbons (Fsp3) is 0.133. The van der Waals surface area contributed by atoms with Gasteiger partial charge in [0.05, 0.1) is 7.11 Å². The second-order valence-corrected chi connectivity index (χ2v) is 4.91. The maximum absolute atomic E-state index is 11.3. The molecule has 0 saturated carbocycles. The summed E-state index contributed by atoms with van der Waals surface area (Å²) in [5.74, 6) is -0.440. The molecule has 0 atom stereocenters. The zero-order valence-electron chi connectivity index (χ0n) is 12.4. The Morgan fingerprint density at radius 3 is 2.83 bits per heavy atom. The largest absolute Gasteiger partial charge is 0.508 e. The van der Waals surface area contributed by atoms with Crippen molar-refractivity contribution >= 4 is 23.0 Å². The number of fused-ring (bicyclic) bond motifs is 1. The van der Waals surface area contributed by atoms with E-state index in [-0.39, 0.29) is 17.1 Å². The number of aryl methyl sites for hydroxylation is 1. The van der Waals surface area contributed by atoms with Crippen molar-refractivity contribution in [1.82, 2.24) is 14.6 Å². The number of ether oxygens (including phenoxy) is 1. The summed E-state index contributed by atoms with van der Waals surface area (Å²) in [4.78, 5) is 15.4. The van der Waals surface area contributed by atoms with Gasteiger partial charge in [0.1, 0.15) is 17.6 Å². The monoisotopic (exact) mass is 314 g/mol. The quantitative estimate of drug-likeness (QED) is 0.677. The topological polar surface area (TPSA) is 109 Å². The number of aromatic nitrogens is 3. The molecule has 2 aromatic heterocycles. The SMILES string of the molecule is COc1c(C(=O)O)cn2ncnc(Nc3ccc(C)c(O)c3)c12. The number of benzene rings is 1. The van der Waals surface area contributed by atoms with Crippen molar-refractivity contribution in [2.75, 3.05) is 12.4 Å². The molecule has 1 aromatic carbocycles. The molecule has 0 spiro atoms. The van der Waals surface area contributed by atoms with Gasteiger partial charge in [-0.3, -0.25) is 0 Å². The van der Waals surface area contributed by atoms with Crippen LogP contribution in [0.3, 0.4) is 0 Å². The molecule has 0 radical (unpaired) electrons. The average molecular weight is 314 g/mol. The minimum Gasteiger partial charge on any atom is -0.508 e. The Balaban J connectivity index is 2.13. The summed E-state index contributed by atoms with van der Waals surface area (Å²) in [6.45, 7) is 1.79. The number of aromatic carboxylic acids is 1. The third-order valence-electron chi connectivity index (χ3n) is 3.43. The van der Waals surface area contributed by atoms with E-state index in [4.69, 9.17) is 4.74 Å². The van der Waals surface area contributed by atoms with E-state index in [1.54, 1.807) is 25.1 Å². The Morgan fingerprint density at radius 1 is 1.39 bits per heavy atom. The Kier molecular flexibility index (Phi) is 3.49. The first-order valence-corrected chi connectivity index (χ1v) is 6.71. The van der Waals surface area contributed by atoms with E-state index < -0.39 is 5.97 Å². The molecule has 23 heavy (non-hydrogen) atoms. The second kappa shape index (κ2) is 5.48. The summed E-state index contributed by atoms with van der Waals surface area (Å²) in [5, 5.41) is 26.1. The molecule has 118 valence electrons. The van der Waals surface area contributed by atoms with Gasteiger partial charge in [0.25, 0.3) is 0 Å². The predicted octanol–water partition coefficient (Wildman–Crippen LogP) is 2.19. The van der Waals surface area contributed by atoms with Crippen molar-refractivity contribution < 1.29 is 19.7 Å². The molecule has 0 saturated heterocycles. The number of methoxy groups -OCH3 is 1. The molecule has 3 aromatic rings. The molecule has 0 aliphatic carbocycles. The summed E-state index contributed by atoms with van der Waals surface area (Å²) in [6, 6.07) is 5.09. The summed E-state index contributed by atoms with van der Waals surface area (Å²) in [7, 11) is 1.39. The summed E-state index contributed by atoms with van der Waals surface area (Å²) in [6.07, 6.45) is 2.66. The van der Waals surface area contributed by atoms with Crippen LogP contribution in [0.15, 0.2) is 30.7 Å². The minimum absolute atomic E-state index is 0.0113. The number of carboxylic acids is 1. The number of hydrogen-bond donors (Lipinski definition) is 3. The third kappa shape index (κ3) is 2.50. The summed E-state index contributed by atoms with van der Waals surface area (Å²) < 4.78 is 6.59. The third-order valence-corrected chi connectivity index (χ3v) is 3.43. The first-order valence-electron chi connectivity index (χ1n) is 6.71. The van der Waals surface area contributed by atoms with Crippen LogP contribution in [0.25, 0.3) is 5.52 Å². The molecule has 3 rings (SSSR count). The van der Waals surface area contributed by atoms with Crippen LogP contribution in [-0.4, -0.2) is 37.9 Å². The Morgan fingerprint density at radius 2 is 2.17 bits per heavy atom. The number of anilines is 2. The lowest BCUT2D eigenvalue weighted by Gasteiger charge is -2.09. The molecule has 0 aliphatic rings. The molecule has 2 heterocycles. The number of carboxylic acid groups (broad SMARTS) is 1. The number of nitrogens with one attached hydrogen (secondary N) is 1. The van der Waals surface area contributed by atoms with Crippen molar-refractivity contribution in [2.24, 2.45) is 0 Å². The number of nitrogens with zero attached hydrogens (tertiary/aromatic N) is 3. The van der Waals surface area contributed by atoms with E-state index in [1.165, 1.54) is 24.1 Å². The van der Waals surface area contributed by atoms with Gasteiger partial charge in [-0.05, 0) is 18.6 Å². The Hall–Kier alpha value is -3.29. The van der Waals surface area contributed by atoms with E-state index in [0.717, 1.165) is 5.56 Å². The molecule has 0 fully saturated rings. The zero-order chi connectivity index (χ0) is 16.6. The number of hydrogen-bond acceptors (Lipinski definition) is 6. The van der Waals surface area contributed by atoms with Crippen LogP contribution in [0.4, 0.5) is 11.5 Å². The number of rotatable bonds is 4. The Bertz CT molecular complexity index is 904. The highest BCUT2D eigenvalue weighted by Gasteiger charge is 2.21. The minimum atomic E-state index is -1.12. The lowest BCUT2D eigenvalue weighted by molar-refractivity contribution is 0.0693. The fourth-order valence-electron chi connectivity index (χ4n) is 2.26. The highest BCUT2D eigenvalue weighted by Crippen LogP contribution is 2.32. The van der Waals surface area contributed by atoms with Crippen LogP contribution in [0.2, 0.25) is 0 Å². The van der Waals surface area contributed by atoms with Crippen LogP contribution in [0.5, 0.6) is 11.5 Å². The van der Waals surface area contributed by atoms with Crippen LogP contribution >= 0.6 is 0 Å². The van der Waals surface area contributed by atoms with Gasteiger partial charge in [-0.15, -0.1) is 0 Å². The van der Waals surface area contributed by atoms with E-state index in [1.807, 2.05) is 0 Å². The van der Waals surface area contributed by atoms with E-state index in [0.29, 0.717) is 17.0 Å². The van der Waals surface area contributed by atoms with Crippen molar-refractivity contribution in [3.8, 4) is 11.5 Å². The van der Waals surface area contributed by atoms with E-state index in [9.17, 15) is 15.0 Å². The first-order chi connectivity index (χ1) is 11.0. The molecule has 0 aliphatic heterocycles. The maximum atomic E-state index is 11.3.